The average molecular weight is 142 g/mol. The number of hydrogen-bond donors (Lipinski definition) is 2. The Morgan fingerprint density at radius 2 is 1.80 bits per heavy atom. The molecule has 1 fully saturated rings. The van der Waals surface area contributed by atoms with E-state index in [0.29, 0.717) is 12.1 Å². The third-order valence-corrected chi connectivity index (χ3v) is 2.98. The molecule has 0 saturated carbocycles. The number of nitrogens with two attached hydrogens (primary N) is 1. The van der Waals surface area contributed by atoms with Crippen molar-refractivity contribution in [2.75, 3.05) is 6.54 Å². The molecule has 10 heavy (non-hydrogen) atoms. The topological polar surface area (TPSA) is 38.0 Å². The first kappa shape index (κ1) is 8.02. The van der Waals surface area contributed by atoms with Gasteiger partial charge in [-0.3, -0.25) is 0 Å². The molecule has 1 heterocycles. The summed E-state index contributed by atoms with van der Waals surface area (Å²) in [7, 11) is 0. The maximum Gasteiger partial charge on any atom is 0.0221 e. The second-order valence-corrected chi connectivity index (χ2v) is 3.52. The molecule has 0 spiro atoms. The van der Waals surface area contributed by atoms with Crippen molar-refractivity contribution in [2.45, 2.75) is 32.9 Å². The Morgan fingerprint density at radius 1 is 1.20 bits per heavy atom. The summed E-state index contributed by atoms with van der Waals surface area (Å²) in [5, 5.41) is 3.48. The van der Waals surface area contributed by atoms with Gasteiger partial charge in [-0.25, -0.2) is 0 Å². The van der Waals surface area contributed by atoms with Crippen LogP contribution in [0, 0.1) is 11.8 Å². The Labute approximate surface area is 63.2 Å². The zero-order valence-corrected chi connectivity index (χ0v) is 7.09. The fourth-order valence-electron chi connectivity index (χ4n) is 1.75. The van der Waals surface area contributed by atoms with Crippen LogP contribution in [0.3, 0.4) is 0 Å². The van der Waals surface area contributed by atoms with Gasteiger partial charge in [0.1, 0.15) is 0 Å². The quantitative estimate of drug-likeness (QED) is 0.562. The lowest BCUT2D eigenvalue weighted by Crippen LogP contribution is -2.36. The average Bonchev–Trinajstić information content (AvgIpc) is 2.17. The molecule has 1 saturated heterocycles. The Balaban J connectivity index is 2.53. The van der Waals surface area contributed by atoms with E-state index in [1.165, 1.54) is 0 Å². The molecule has 3 N–H and O–H groups in total. The molecule has 2 nitrogen and oxygen atoms in total. The minimum atomic E-state index is 0.546. The second-order valence-electron chi connectivity index (χ2n) is 3.52. The highest BCUT2D eigenvalue weighted by atomic mass is 15.0. The molecule has 2 heteroatoms. The third-order valence-electron chi connectivity index (χ3n) is 2.98. The normalized spacial score (nSPS) is 48.0. The van der Waals surface area contributed by atoms with Crippen LogP contribution in [-0.2, 0) is 0 Å². The third kappa shape index (κ3) is 1.18. The van der Waals surface area contributed by atoms with Gasteiger partial charge in [0.2, 0.25) is 0 Å². The highest BCUT2D eigenvalue weighted by molar-refractivity contribution is 4.91. The summed E-state index contributed by atoms with van der Waals surface area (Å²) in [6.45, 7) is 7.57. The summed E-state index contributed by atoms with van der Waals surface area (Å²) in [5.41, 5.74) is 5.59. The molecule has 0 bridgehead atoms. The van der Waals surface area contributed by atoms with Crippen LogP contribution in [0.2, 0.25) is 0 Å². The highest BCUT2D eigenvalue weighted by Gasteiger charge is 2.33. The highest BCUT2D eigenvalue weighted by Crippen LogP contribution is 2.25. The van der Waals surface area contributed by atoms with Crippen molar-refractivity contribution in [1.29, 1.82) is 0 Å². The number of hydrogen-bond acceptors (Lipinski definition) is 2. The van der Waals surface area contributed by atoms with Crippen molar-refractivity contribution in [2.24, 2.45) is 17.6 Å². The molecule has 0 aromatic carbocycles. The summed E-state index contributed by atoms with van der Waals surface area (Å²) in [6, 6.07) is 1.19. The predicted molar refractivity (Wildman–Crippen MR) is 43.8 cm³/mol. The van der Waals surface area contributed by atoms with Crippen molar-refractivity contribution in [1.82, 2.24) is 5.32 Å². The second kappa shape index (κ2) is 2.89. The van der Waals surface area contributed by atoms with E-state index in [0.717, 1.165) is 18.4 Å². The molecule has 1 rings (SSSR count). The first-order valence-electron chi connectivity index (χ1n) is 4.13. The molecule has 0 amide bonds. The summed E-state index contributed by atoms with van der Waals surface area (Å²) in [5.74, 6) is 1.51. The van der Waals surface area contributed by atoms with Crippen molar-refractivity contribution in [3.63, 3.8) is 0 Å². The largest absolute Gasteiger partial charge is 0.329 e. The van der Waals surface area contributed by atoms with Gasteiger partial charge in [0.25, 0.3) is 0 Å². The zero-order valence-electron chi connectivity index (χ0n) is 7.09. The van der Waals surface area contributed by atoms with Crippen molar-refractivity contribution >= 4 is 0 Å². The van der Waals surface area contributed by atoms with Gasteiger partial charge in [-0.1, -0.05) is 13.8 Å². The maximum atomic E-state index is 5.59. The van der Waals surface area contributed by atoms with Gasteiger partial charge in [0.05, 0.1) is 0 Å². The van der Waals surface area contributed by atoms with Crippen LogP contribution in [0.25, 0.3) is 0 Å². The lowest BCUT2D eigenvalue weighted by molar-refractivity contribution is 0.405. The molecule has 60 valence electrons. The Kier molecular flexibility index (Phi) is 2.32. The van der Waals surface area contributed by atoms with Gasteiger partial charge in [0, 0.05) is 18.6 Å². The summed E-state index contributed by atoms with van der Waals surface area (Å²) >= 11 is 0. The first-order valence-corrected chi connectivity index (χ1v) is 4.13. The van der Waals surface area contributed by atoms with E-state index < -0.39 is 0 Å². The van der Waals surface area contributed by atoms with Gasteiger partial charge in [-0.2, -0.15) is 0 Å². The van der Waals surface area contributed by atoms with E-state index in [-0.39, 0.29) is 0 Å². The van der Waals surface area contributed by atoms with Gasteiger partial charge in [-0.05, 0) is 18.8 Å². The molecule has 4 atom stereocenters. The van der Waals surface area contributed by atoms with Gasteiger partial charge in [-0.15, -0.1) is 0 Å². The monoisotopic (exact) mass is 142 g/mol. The van der Waals surface area contributed by atoms with Crippen LogP contribution in [0.5, 0.6) is 0 Å². The van der Waals surface area contributed by atoms with Crippen LogP contribution in [0.1, 0.15) is 20.8 Å². The fourth-order valence-corrected chi connectivity index (χ4v) is 1.75. The molecule has 1 aliphatic heterocycles. The molecule has 0 aromatic heterocycles. The SMILES string of the molecule is CC1NC(CN)C(C)C1C. The summed E-state index contributed by atoms with van der Waals surface area (Å²) in [4.78, 5) is 0. The minimum Gasteiger partial charge on any atom is -0.329 e. The van der Waals surface area contributed by atoms with Crippen molar-refractivity contribution in [3.8, 4) is 0 Å². The van der Waals surface area contributed by atoms with E-state index in [2.05, 4.69) is 26.1 Å². The molecule has 1 aliphatic rings. The Hall–Kier alpha value is -0.0800. The minimum absolute atomic E-state index is 0.546. The van der Waals surface area contributed by atoms with Gasteiger partial charge in [0.15, 0.2) is 0 Å². The molecule has 4 unspecified atom stereocenters. The smallest absolute Gasteiger partial charge is 0.0221 e. The molecule has 0 aromatic rings. The maximum absolute atomic E-state index is 5.59. The Morgan fingerprint density at radius 3 is 2.00 bits per heavy atom. The van der Waals surface area contributed by atoms with Crippen LogP contribution in [-0.4, -0.2) is 18.6 Å². The van der Waals surface area contributed by atoms with Crippen molar-refractivity contribution < 1.29 is 0 Å². The zero-order chi connectivity index (χ0) is 7.72. The molecular weight excluding hydrogens is 124 g/mol. The fraction of sp³-hybridized carbons (Fsp3) is 1.00. The molecular formula is C8H18N2. The number of nitrogens with one attached hydrogen (secondary N) is 1. The van der Waals surface area contributed by atoms with Crippen LogP contribution in [0.15, 0.2) is 0 Å². The van der Waals surface area contributed by atoms with Gasteiger partial charge >= 0.3 is 0 Å². The molecule has 0 radical (unpaired) electrons. The van der Waals surface area contributed by atoms with E-state index in [4.69, 9.17) is 5.73 Å². The van der Waals surface area contributed by atoms with Crippen molar-refractivity contribution in [3.05, 3.63) is 0 Å². The van der Waals surface area contributed by atoms with E-state index >= 15 is 0 Å². The Bertz CT molecular complexity index is 114. The molecule has 0 aliphatic carbocycles. The first-order chi connectivity index (χ1) is 4.66. The number of rotatable bonds is 1. The predicted octanol–water partition coefficient (Wildman–Crippen LogP) is 0.578. The lowest BCUT2D eigenvalue weighted by Gasteiger charge is -2.14. The van der Waals surface area contributed by atoms with Crippen LogP contribution >= 0.6 is 0 Å². The van der Waals surface area contributed by atoms with Crippen LogP contribution < -0.4 is 11.1 Å². The summed E-state index contributed by atoms with van der Waals surface area (Å²) < 4.78 is 0. The standard InChI is InChI=1S/C8H18N2/c1-5-6(2)8(4-9)10-7(5)3/h5-8,10H,4,9H2,1-3H3. The summed E-state index contributed by atoms with van der Waals surface area (Å²) in [6.07, 6.45) is 0. The van der Waals surface area contributed by atoms with Crippen LogP contribution in [0.4, 0.5) is 0 Å². The van der Waals surface area contributed by atoms with E-state index in [1.807, 2.05) is 0 Å². The van der Waals surface area contributed by atoms with E-state index in [9.17, 15) is 0 Å². The lowest BCUT2D eigenvalue weighted by atomic mass is 9.91. The van der Waals surface area contributed by atoms with E-state index in [1.54, 1.807) is 0 Å². The van der Waals surface area contributed by atoms with Gasteiger partial charge < -0.3 is 11.1 Å².